The van der Waals surface area contributed by atoms with Gasteiger partial charge in [0.2, 0.25) is 10.0 Å². The van der Waals surface area contributed by atoms with Crippen molar-refractivity contribution < 1.29 is 27.8 Å². The molecular weight excluding hydrogens is 382 g/mol. The molecule has 1 atom stereocenters. The summed E-state index contributed by atoms with van der Waals surface area (Å²) in [7, 11) is -4.03. The van der Waals surface area contributed by atoms with E-state index < -0.39 is 21.5 Å². The highest BCUT2D eigenvalue weighted by atomic mass is 35.5. The van der Waals surface area contributed by atoms with E-state index in [-0.39, 0.29) is 24.5 Å². The molecule has 9 heteroatoms. The van der Waals surface area contributed by atoms with Gasteiger partial charge >= 0.3 is 5.97 Å². The minimum atomic E-state index is -4.03. The van der Waals surface area contributed by atoms with E-state index in [2.05, 4.69) is 4.72 Å². The molecule has 1 saturated heterocycles. The summed E-state index contributed by atoms with van der Waals surface area (Å²) in [5, 5.41) is 9.94. The van der Waals surface area contributed by atoms with E-state index in [1.165, 1.54) is 24.3 Å². The van der Waals surface area contributed by atoms with Crippen LogP contribution in [0.15, 0.2) is 53.4 Å². The second-order valence-electron chi connectivity index (χ2n) is 5.82. The number of carbonyl (C=O) groups is 1. The second-order valence-corrected chi connectivity index (χ2v) is 7.94. The standard InChI is InChI=1S/C17H16ClNO6S/c18-12-1-3-13(4-2-12)25-14-5-7-15(8-6-14)26(22,23)19-17(16(20)21)9-10-24-11-17/h1-8,19H,9-11H2,(H,20,21)/t17-/m1/s1. The van der Waals surface area contributed by atoms with Crippen LogP contribution in [0.1, 0.15) is 6.42 Å². The van der Waals surface area contributed by atoms with Crippen LogP contribution >= 0.6 is 11.6 Å². The average Bonchev–Trinajstić information content (AvgIpc) is 3.07. The molecule has 2 aromatic carbocycles. The molecule has 7 nitrogen and oxygen atoms in total. The van der Waals surface area contributed by atoms with Crippen molar-refractivity contribution in [3.8, 4) is 11.5 Å². The maximum absolute atomic E-state index is 12.5. The van der Waals surface area contributed by atoms with E-state index in [9.17, 15) is 18.3 Å². The van der Waals surface area contributed by atoms with Gasteiger partial charge in [0, 0.05) is 18.1 Å². The molecule has 138 valence electrons. The van der Waals surface area contributed by atoms with Crippen molar-refractivity contribution >= 4 is 27.6 Å². The zero-order valence-corrected chi connectivity index (χ0v) is 15.1. The van der Waals surface area contributed by atoms with Crippen LogP contribution in [0, 0.1) is 0 Å². The van der Waals surface area contributed by atoms with Crippen molar-refractivity contribution in [2.45, 2.75) is 16.9 Å². The van der Waals surface area contributed by atoms with Crippen molar-refractivity contribution in [1.82, 2.24) is 4.72 Å². The smallest absolute Gasteiger partial charge is 0.327 e. The van der Waals surface area contributed by atoms with Crippen molar-refractivity contribution in [3.63, 3.8) is 0 Å². The van der Waals surface area contributed by atoms with Crippen molar-refractivity contribution in [1.29, 1.82) is 0 Å². The molecule has 26 heavy (non-hydrogen) atoms. The number of nitrogens with one attached hydrogen (secondary N) is 1. The van der Waals surface area contributed by atoms with Crippen molar-refractivity contribution in [2.24, 2.45) is 0 Å². The van der Waals surface area contributed by atoms with Gasteiger partial charge < -0.3 is 14.6 Å². The summed E-state index contributed by atoms with van der Waals surface area (Å²) in [6, 6.07) is 12.4. The summed E-state index contributed by atoms with van der Waals surface area (Å²) in [5.41, 5.74) is -1.64. The minimum absolute atomic E-state index is 0.0616. The van der Waals surface area contributed by atoms with E-state index in [1.807, 2.05) is 0 Å². The Balaban J connectivity index is 1.76. The molecule has 0 unspecified atom stereocenters. The SMILES string of the molecule is O=C(O)[C@@]1(NS(=O)(=O)c2ccc(Oc3ccc(Cl)cc3)cc2)CCOC1. The third-order valence-electron chi connectivity index (χ3n) is 3.94. The van der Waals surface area contributed by atoms with Crippen LogP contribution in [0.2, 0.25) is 5.02 Å². The van der Waals surface area contributed by atoms with Gasteiger partial charge in [-0.05, 0) is 48.5 Å². The molecule has 2 N–H and O–H groups in total. The number of carboxylic acid groups (broad SMARTS) is 1. The molecule has 0 spiro atoms. The first kappa shape index (κ1) is 18.7. The zero-order valence-electron chi connectivity index (χ0n) is 13.5. The van der Waals surface area contributed by atoms with Gasteiger partial charge in [0.15, 0.2) is 5.54 Å². The van der Waals surface area contributed by atoms with Gasteiger partial charge in [-0.15, -0.1) is 0 Å². The Morgan fingerprint density at radius 3 is 2.19 bits per heavy atom. The van der Waals surface area contributed by atoms with E-state index >= 15 is 0 Å². The van der Waals surface area contributed by atoms with Crippen molar-refractivity contribution in [2.75, 3.05) is 13.2 Å². The Kier molecular flexibility index (Phi) is 5.19. The predicted molar refractivity (Wildman–Crippen MR) is 94.1 cm³/mol. The van der Waals surface area contributed by atoms with E-state index in [4.69, 9.17) is 21.1 Å². The summed E-state index contributed by atoms with van der Waals surface area (Å²) in [6.07, 6.45) is 0.0688. The molecule has 0 bridgehead atoms. The molecule has 0 radical (unpaired) electrons. The number of rotatable bonds is 6. The Morgan fingerprint density at radius 1 is 1.12 bits per heavy atom. The minimum Gasteiger partial charge on any atom is -0.480 e. The van der Waals surface area contributed by atoms with E-state index in [0.717, 1.165) is 0 Å². The second kappa shape index (κ2) is 7.24. The zero-order chi connectivity index (χ0) is 18.8. The summed E-state index contributed by atoms with van der Waals surface area (Å²) >= 11 is 5.81. The highest BCUT2D eigenvalue weighted by Crippen LogP contribution is 2.26. The number of sulfonamides is 1. The topological polar surface area (TPSA) is 102 Å². The lowest BCUT2D eigenvalue weighted by molar-refractivity contribution is -0.144. The van der Waals surface area contributed by atoms with E-state index in [0.29, 0.717) is 16.5 Å². The van der Waals surface area contributed by atoms with Gasteiger partial charge in [-0.1, -0.05) is 11.6 Å². The molecule has 0 aliphatic carbocycles. The van der Waals surface area contributed by atoms with Crippen LogP contribution < -0.4 is 9.46 Å². The Morgan fingerprint density at radius 2 is 1.69 bits per heavy atom. The van der Waals surface area contributed by atoms with Crippen LogP contribution in [-0.4, -0.2) is 38.2 Å². The van der Waals surface area contributed by atoms with Gasteiger partial charge in [0.05, 0.1) is 11.5 Å². The van der Waals surface area contributed by atoms with Gasteiger partial charge in [-0.3, -0.25) is 4.79 Å². The summed E-state index contributed by atoms with van der Waals surface area (Å²) in [5.74, 6) is -0.277. The van der Waals surface area contributed by atoms with Crippen LogP contribution in [0.3, 0.4) is 0 Å². The van der Waals surface area contributed by atoms with Crippen LogP contribution in [0.5, 0.6) is 11.5 Å². The number of hydrogen-bond acceptors (Lipinski definition) is 5. The molecule has 1 heterocycles. The average molecular weight is 398 g/mol. The number of hydrogen-bond donors (Lipinski definition) is 2. The number of aliphatic carboxylic acids is 1. The Labute approximate surface area is 155 Å². The third-order valence-corrected chi connectivity index (χ3v) is 5.75. The molecule has 1 fully saturated rings. The Hall–Kier alpha value is -2.13. The number of halogens is 1. The highest BCUT2D eigenvalue weighted by Gasteiger charge is 2.46. The quantitative estimate of drug-likeness (QED) is 0.776. The van der Waals surface area contributed by atoms with Crippen molar-refractivity contribution in [3.05, 3.63) is 53.6 Å². The van der Waals surface area contributed by atoms with Gasteiger partial charge in [0.1, 0.15) is 11.5 Å². The first-order chi connectivity index (χ1) is 12.3. The lowest BCUT2D eigenvalue weighted by atomic mass is 10.0. The number of ether oxygens (including phenoxy) is 2. The first-order valence-electron chi connectivity index (χ1n) is 7.69. The Bertz CT molecular complexity index is 890. The van der Waals surface area contributed by atoms with Crippen LogP contribution in [-0.2, 0) is 19.6 Å². The van der Waals surface area contributed by atoms with E-state index in [1.54, 1.807) is 24.3 Å². The summed E-state index contributed by atoms with van der Waals surface area (Å²) in [6.45, 7) is -0.0258. The fourth-order valence-electron chi connectivity index (χ4n) is 2.50. The van der Waals surface area contributed by atoms with Gasteiger partial charge in [-0.25, -0.2) is 8.42 Å². The third kappa shape index (κ3) is 3.99. The van der Waals surface area contributed by atoms with Gasteiger partial charge in [-0.2, -0.15) is 4.72 Å². The maximum atomic E-state index is 12.5. The molecule has 0 saturated carbocycles. The fourth-order valence-corrected chi connectivity index (χ4v) is 4.00. The predicted octanol–water partition coefficient (Wildman–Crippen LogP) is 2.65. The maximum Gasteiger partial charge on any atom is 0.327 e. The molecule has 3 rings (SSSR count). The number of benzene rings is 2. The molecule has 2 aromatic rings. The molecular formula is C17H16ClNO6S. The number of carboxylic acids is 1. The first-order valence-corrected chi connectivity index (χ1v) is 9.55. The normalized spacial score (nSPS) is 20.0. The monoisotopic (exact) mass is 397 g/mol. The molecule has 0 aromatic heterocycles. The summed E-state index contributed by atoms with van der Waals surface area (Å²) < 4.78 is 38.0. The molecule has 0 amide bonds. The van der Waals surface area contributed by atoms with Gasteiger partial charge in [0.25, 0.3) is 0 Å². The van der Waals surface area contributed by atoms with Crippen LogP contribution in [0.4, 0.5) is 0 Å². The molecule has 1 aliphatic rings. The highest BCUT2D eigenvalue weighted by molar-refractivity contribution is 7.89. The lowest BCUT2D eigenvalue weighted by Crippen LogP contribution is -2.54. The lowest BCUT2D eigenvalue weighted by Gasteiger charge is -2.23. The molecule has 1 aliphatic heterocycles. The van der Waals surface area contributed by atoms with Crippen LogP contribution in [0.25, 0.3) is 0 Å². The largest absolute Gasteiger partial charge is 0.480 e. The summed E-state index contributed by atoms with van der Waals surface area (Å²) in [4.78, 5) is 11.4. The fraction of sp³-hybridized carbons (Fsp3) is 0.235.